The lowest BCUT2D eigenvalue weighted by Crippen LogP contribution is -2.53. The quantitative estimate of drug-likeness (QED) is 0.268. The van der Waals surface area contributed by atoms with Gasteiger partial charge in [0.2, 0.25) is 11.8 Å². The molecule has 0 saturated heterocycles. The number of anilines is 1. The van der Waals surface area contributed by atoms with Gasteiger partial charge in [-0.2, -0.15) is 0 Å². The molecule has 4 rings (SSSR count). The minimum Gasteiger partial charge on any atom is -0.352 e. The van der Waals surface area contributed by atoms with E-state index >= 15 is 0 Å². The average Bonchev–Trinajstić information content (AvgIpc) is 2.96. The fourth-order valence-electron chi connectivity index (χ4n) is 4.89. The second kappa shape index (κ2) is 13.9. The summed E-state index contributed by atoms with van der Waals surface area (Å²) in [6.45, 7) is 1.07. The van der Waals surface area contributed by atoms with Crippen molar-refractivity contribution in [1.82, 2.24) is 10.2 Å². The van der Waals surface area contributed by atoms with Gasteiger partial charge in [0.1, 0.15) is 12.6 Å². The van der Waals surface area contributed by atoms with Gasteiger partial charge in [0.05, 0.1) is 15.6 Å². The number of benzene rings is 3. The number of nitrogens with one attached hydrogen (secondary N) is 1. The fraction of sp³-hybridized carbons (Fsp3) is 0.333. The number of hydrogen-bond acceptors (Lipinski definition) is 4. The number of carbonyl (C=O) groups is 2. The van der Waals surface area contributed by atoms with E-state index in [1.54, 1.807) is 49.4 Å². The van der Waals surface area contributed by atoms with E-state index in [1.165, 1.54) is 35.2 Å². The summed E-state index contributed by atoms with van der Waals surface area (Å²) in [7, 11) is -4.25. The van der Waals surface area contributed by atoms with Gasteiger partial charge in [0.15, 0.2) is 0 Å². The van der Waals surface area contributed by atoms with Crippen LogP contribution in [0.2, 0.25) is 15.1 Å². The molecule has 1 N–H and O–H groups in total. The van der Waals surface area contributed by atoms with Crippen LogP contribution in [0.1, 0.15) is 44.6 Å². The van der Waals surface area contributed by atoms with E-state index in [-0.39, 0.29) is 39.1 Å². The summed E-state index contributed by atoms with van der Waals surface area (Å²) < 4.78 is 28.7. The first-order chi connectivity index (χ1) is 19.6. The Labute approximate surface area is 256 Å². The summed E-state index contributed by atoms with van der Waals surface area (Å²) in [5.41, 5.74) is 0.750. The molecule has 0 aliphatic heterocycles. The Kier molecular flexibility index (Phi) is 10.6. The van der Waals surface area contributed by atoms with Crippen LogP contribution in [0, 0.1) is 0 Å². The van der Waals surface area contributed by atoms with Gasteiger partial charge in [-0.1, -0.05) is 84.4 Å². The standard InChI is InChI=1S/C30H32Cl3N3O4S/c1-21(30(38)34-25-11-4-2-5-12-25)35(19-22-9-8-10-23(31)17-22)29(37)20-36(28-18-24(32)15-16-27(28)33)41(39,40)26-13-6-3-7-14-26/h3,6-10,13-18,21,25H,2,4-5,11-12,19-20H2,1H3,(H,34,38)/t21-/m1/s1. The third-order valence-electron chi connectivity index (χ3n) is 7.15. The van der Waals surface area contributed by atoms with E-state index in [9.17, 15) is 18.0 Å². The minimum absolute atomic E-state index is 0.0201. The summed E-state index contributed by atoms with van der Waals surface area (Å²) in [5.74, 6) is -0.891. The van der Waals surface area contributed by atoms with Crippen LogP contribution in [0.25, 0.3) is 0 Å². The fourth-order valence-corrected chi connectivity index (χ4v) is 6.99. The Balaban J connectivity index is 1.70. The Morgan fingerprint density at radius 1 is 0.902 bits per heavy atom. The third-order valence-corrected chi connectivity index (χ3v) is 9.71. The van der Waals surface area contributed by atoms with Gasteiger partial charge in [0, 0.05) is 22.6 Å². The van der Waals surface area contributed by atoms with Crippen LogP contribution in [0.15, 0.2) is 77.7 Å². The second-order valence-electron chi connectivity index (χ2n) is 10.1. The number of nitrogens with zero attached hydrogens (tertiary/aromatic N) is 2. The smallest absolute Gasteiger partial charge is 0.264 e. The van der Waals surface area contributed by atoms with Crippen molar-refractivity contribution in [1.29, 1.82) is 0 Å². The number of carbonyl (C=O) groups excluding carboxylic acids is 2. The monoisotopic (exact) mass is 635 g/mol. The summed E-state index contributed by atoms with van der Waals surface area (Å²) in [6.07, 6.45) is 4.99. The molecule has 0 radical (unpaired) electrons. The average molecular weight is 637 g/mol. The molecule has 3 aromatic carbocycles. The highest BCUT2D eigenvalue weighted by molar-refractivity contribution is 7.92. The summed E-state index contributed by atoms with van der Waals surface area (Å²) in [5, 5.41) is 3.91. The SMILES string of the molecule is C[C@H](C(=O)NC1CCCCC1)N(Cc1cccc(Cl)c1)C(=O)CN(c1cc(Cl)ccc1Cl)S(=O)(=O)c1ccccc1. The highest BCUT2D eigenvalue weighted by atomic mass is 35.5. The number of amides is 2. The zero-order valence-electron chi connectivity index (χ0n) is 22.6. The first-order valence-corrected chi connectivity index (χ1v) is 16.0. The Hall–Kier alpha value is -2.78. The molecule has 1 atom stereocenters. The van der Waals surface area contributed by atoms with Crippen molar-refractivity contribution >= 4 is 62.3 Å². The molecule has 218 valence electrons. The second-order valence-corrected chi connectivity index (χ2v) is 13.2. The zero-order valence-corrected chi connectivity index (χ0v) is 25.7. The maximum absolute atomic E-state index is 14.1. The van der Waals surface area contributed by atoms with Crippen LogP contribution in [0.5, 0.6) is 0 Å². The molecule has 41 heavy (non-hydrogen) atoms. The molecule has 0 heterocycles. The van der Waals surface area contributed by atoms with E-state index in [0.717, 1.165) is 36.4 Å². The largest absolute Gasteiger partial charge is 0.352 e. The van der Waals surface area contributed by atoms with Crippen LogP contribution < -0.4 is 9.62 Å². The Morgan fingerprint density at radius 3 is 2.27 bits per heavy atom. The predicted octanol–water partition coefficient (Wildman–Crippen LogP) is 6.71. The van der Waals surface area contributed by atoms with E-state index < -0.39 is 28.5 Å². The minimum atomic E-state index is -4.25. The first-order valence-electron chi connectivity index (χ1n) is 13.4. The van der Waals surface area contributed by atoms with Crippen LogP contribution in [0.3, 0.4) is 0 Å². The molecule has 7 nitrogen and oxygen atoms in total. The van der Waals surface area contributed by atoms with E-state index in [4.69, 9.17) is 34.8 Å². The molecular weight excluding hydrogens is 605 g/mol. The van der Waals surface area contributed by atoms with Gasteiger partial charge in [0.25, 0.3) is 10.0 Å². The molecule has 0 aromatic heterocycles. The molecule has 2 amide bonds. The lowest BCUT2D eigenvalue weighted by molar-refractivity contribution is -0.139. The summed E-state index contributed by atoms with van der Waals surface area (Å²) in [6, 6.07) is 18.3. The lowest BCUT2D eigenvalue weighted by atomic mass is 9.95. The highest BCUT2D eigenvalue weighted by Gasteiger charge is 2.34. The van der Waals surface area contributed by atoms with Crippen molar-refractivity contribution in [3.05, 3.63) is 93.4 Å². The van der Waals surface area contributed by atoms with E-state index in [0.29, 0.717) is 10.6 Å². The lowest BCUT2D eigenvalue weighted by Gasteiger charge is -2.33. The van der Waals surface area contributed by atoms with E-state index in [1.807, 2.05) is 0 Å². The van der Waals surface area contributed by atoms with Gasteiger partial charge in [-0.25, -0.2) is 8.42 Å². The van der Waals surface area contributed by atoms with Gasteiger partial charge in [-0.05, 0) is 67.8 Å². The predicted molar refractivity (Wildman–Crippen MR) is 164 cm³/mol. The van der Waals surface area contributed by atoms with Crippen molar-refractivity contribution in [3.8, 4) is 0 Å². The van der Waals surface area contributed by atoms with Gasteiger partial charge >= 0.3 is 0 Å². The number of halogens is 3. The normalized spacial score (nSPS) is 14.7. The molecular formula is C30H32Cl3N3O4S. The number of rotatable bonds is 10. The van der Waals surface area contributed by atoms with Crippen molar-refractivity contribution in [2.45, 2.75) is 62.6 Å². The van der Waals surface area contributed by atoms with Crippen LogP contribution in [-0.2, 0) is 26.2 Å². The van der Waals surface area contributed by atoms with E-state index in [2.05, 4.69) is 5.32 Å². The molecule has 1 aliphatic carbocycles. The van der Waals surface area contributed by atoms with Crippen LogP contribution >= 0.6 is 34.8 Å². The molecule has 1 aliphatic rings. The van der Waals surface area contributed by atoms with Crippen LogP contribution in [-0.4, -0.2) is 43.8 Å². The maximum atomic E-state index is 14.1. The third kappa shape index (κ3) is 7.95. The van der Waals surface area contributed by atoms with Gasteiger partial charge in [-0.3, -0.25) is 13.9 Å². The van der Waals surface area contributed by atoms with Crippen molar-refractivity contribution in [2.75, 3.05) is 10.8 Å². The van der Waals surface area contributed by atoms with Crippen molar-refractivity contribution < 1.29 is 18.0 Å². The molecule has 1 fully saturated rings. The van der Waals surface area contributed by atoms with Gasteiger partial charge < -0.3 is 10.2 Å². The molecule has 11 heteroatoms. The van der Waals surface area contributed by atoms with Gasteiger partial charge in [-0.15, -0.1) is 0 Å². The van der Waals surface area contributed by atoms with Crippen molar-refractivity contribution in [2.24, 2.45) is 0 Å². The highest BCUT2D eigenvalue weighted by Crippen LogP contribution is 2.33. The Bertz CT molecular complexity index is 1480. The number of sulfonamides is 1. The van der Waals surface area contributed by atoms with Crippen molar-refractivity contribution in [3.63, 3.8) is 0 Å². The molecule has 0 bridgehead atoms. The number of hydrogen-bond donors (Lipinski definition) is 1. The Morgan fingerprint density at radius 2 is 1.59 bits per heavy atom. The molecule has 0 spiro atoms. The molecule has 0 unspecified atom stereocenters. The maximum Gasteiger partial charge on any atom is 0.264 e. The van der Waals surface area contributed by atoms with Crippen LogP contribution in [0.4, 0.5) is 5.69 Å². The molecule has 1 saturated carbocycles. The first kappa shape index (κ1) is 31.2. The zero-order chi connectivity index (χ0) is 29.6. The molecule has 3 aromatic rings. The summed E-state index contributed by atoms with van der Waals surface area (Å²) in [4.78, 5) is 28.8. The topological polar surface area (TPSA) is 86.8 Å². The summed E-state index contributed by atoms with van der Waals surface area (Å²) >= 11 is 18.9.